The summed E-state index contributed by atoms with van der Waals surface area (Å²) in [6.45, 7) is 1.02. The molecule has 1 aromatic heterocycles. The fourth-order valence-corrected chi connectivity index (χ4v) is 2.55. The molecule has 0 atom stereocenters. The zero-order valence-corrected chi connectivity index (χ0v) is 11.6. The molecule has 1 aromatic carbocycles. The monoisotopic (exact) mass is 311 g/mol. The largest absolute Gasteiger partial charge is 0.408 e. The van der Waals surface area contributed by atoms with Crippen LogP contribution < -0.4 is 4.72 Å². The summed E-state index contributed by atoms with van der Waals surface area (Å²) in [6, 6.07) is 2.69. The lowest BCUT2D eigenvalue weighted by atomic mass is 10.2. The van der Waals surface area contributed by atoms with Crippen LogP contribution in [0.4, 0.5) is 10.4 Å². The Morgan fingerprint density at radius 3 is 2.81 bits per heavy atom. The number of aromatic nitrogens is 2. The third kappa shape index (κ3) is 3.56. The Balaban J connectivity index is 2.44. The minimum Gasteiger partial charge on any atom is -0.408 e. The zero-order chi connectivity index (χ0) is 15.5. The third-order valence-corrected chi connectivity index (χ3v) is 3.66. The van der Waals surface area contributed by atoms with Crippen molar-refractivity contribution in [3.05, 3.63) is 35.5 Å². The normalized spacial score (nSPS) is 10.8. The molecule has 0 aliphatic heterocycles. The summed E-state index contributed by atoms with van der Waals surface area (Å²) < 4.78 is 44.6. The molecule has 9 heteroatoms. The summed E-state index contributed by atoms with van der Waals surface area (Å²) in [5.41, 5.74) is -0.0900. The summed E-state index contributed by atoms with van der Waals surface area (Å²) in [4.78, 5) is -0.263. The Labute approximate surface area is 119 Å². The molecule has 0 aliphatic rings. The molecule has 0 fully saturated rings. The Bertz CT molecular complexity index is 821. The molecule has 0 saturated heterocycles. The van der Waals surface area contributed by atoms with Gasteiger partial charge in [-0.2, -0.15) is 0 Å². The molecular formula is C12H10FN3O4S. The van der Waals surface area contributed by atoms with E-state index in [0.717, 1.165) is 18.2 Å². The van der Waals surface area contributed by atoms with Crippen molar-refractivity contribution in [2.75, 3.05) is 11.3 Å². The first-order chi connectivity index (χ1) is 9.92. The van der Waals surface area contributed by atoms with Gasteiger partial charge in [0.2, 0.25) is 5.89 Å². The van der Waals surface area contributed by atoms with E-state index in [1.165, 1.54) is 6.92 Å². The zero-order valence-electron chi connectivity index (χ0n) is 10.8. The fraction of sp³-hybridized carbons (Fsp3) is 0.167. The van der Waals surface area contributed by atoms with Crippen molar-refractivity contribution in [2.24, 2.45) is 0 Å². The number of hydrogen-bond donors (Lipinski definition) is 2. The fourth-order valence-electron chi connectivity index (χ4n) is 1.48. The van der Waals surface area contributed by atoms with Gasteiger partial charge in [0.25, 0.3) is 10.0 Å². The van der Waals surface area contributed by atoms with Gasteiger partial charge in [-0.1, -0.05) is 16.9 Å². The summed E-state index contributed by atoms with van der Waals surface area (Å²) >= 11 is 0. The molecule has 0 spiro atoms. The number of rotatable bonds is 3. The first-order valence-corrected chi connectivity index (χ1v) is 7.13. The standard InChI is InChI=1S/C12H10FN3O4S/c1-8-14-15-12(20-8)16-21(18,19)11-5-4-10(13)7-9(11)3-2-6-17/h4-5,7,17H,6H2,1H3,(H,15,16). The lowest BCUT2D eigenvalue weighted by Crippen LogP contribution is -2.15. The minimum absolute atomic E-state index is 0.0900. The quantitative estimate of drug-likeness (QED) is 0.807. The van der Waals surface area contributed by atoms with Crippen molar-refractivity contribution in [1.82, 2.24) is 10.2 Å². The van der Waals surface area contributed by atoms with Crippen LogP contribution in [0.5, 0.6) is 0 Å². The first kappa shape index (κ1) is 15.0. The maximum absolute atomic E-state index is 13.2. The molecule has 1 heterocycles. The molecule has 0 aliphatic carbocycles. The van der Waals surface area contributed by atoms with Gasteiger partial charge in [0, 0.05) is 12.5 Å². The number of benzene rings is 1. The van der Waals surface area contributed by atoms with E-state index in [1.807, 2.05) is 0 Å². The molecule has 0 unspecified atom stereocenters. The number of hydrogen-bond acceptors (Lipinski definition) is 6. The Hall–Kier alpha value is -2.44. The van der Waals surface area contributed by atoms with Crippen LogP contribution in [0.25, 0.3) is 0 Å². The average molecular weight is 311 g/mol. The number of aliphatic hydroxyl groups excluding tert-OH is 1. The average Bonchev–Trinajstić information content (AvgIpc) is 2.80. The van der Waals surface area contributed by atoms with E-state index < -0.39 is 22.4 Å². The summed E-state index contributed by atoms with van der Waals surface area (Å²) in [5, 5.41) is 15.7. The third-order valence-electron chi connectivity index (χ3n) is 2.28. The van der Waals surface area contributed by atoms with Crippen molar-refractivity contribution in [1.29, 1.82) is 0 Å². The maximum atomic E-state index is 13.2. The van der Waals surface area contributed by atoms with Gasteiger partial charge >= 0.3 is 6.01 Å². The van der Waals surface area contributed by atoms with Crippen molar-refractivity contribution in [3.63, 3.8) is 0 Å². The molecule has 0 amide bonds. The minimum atomic E-state index is -4.07. The predicted molar refractivity (Wildman–Crippen MR) is 70.2 cm³/mol. The van der Waals surface area contributed by atoms with E-state index in [2.05, 4.69) is 26.8 Å². The Morgan fingerprint density at radius 1 is 1.43 bits per heavy atom. The number of anilines is 1. The molecule has 0 saturated carbocycles. The van der Waals surface area contributed by atoms with E-state index in [9.17, 15) is 12.8 Å². The number of sulfonamides is 1. The molecule has 7 nitrogen and oxygen atoms in total. The van der Waals surface area contributed by atoms with E-state index in [1.54, 1.807) is 0 Å². The van der Waals surface area contributed by atoms with Crippen LogP contribution in [0.1, 0.15) is 11.5 Å². The summed E-state index contributed by atoms with van der Waals surface area (Å²) in [7, 11) is -4.07. The first-order valence-electron chi connectivity index (χ1n) is 5.64. The molecule has 2 N–H and O–H groups in total. The summed E-state index contributed by atoms with van der Waals surface area (Å²) in [6.07, 6.45) is 0. The van der Waals surface area contributed by atoms with Gasteiger partial charge in [-0.15, -0.1) is 5.10 Å². The second-order valence-electron chi connectivity index (χ2n) is 3.83. The lowest BCUT2D eigenvalue weighted by Gasteiger charge is -2.06. The van der Waals surface area contributed by atoms with Crippen LogP contribution in [0.2, 0.25) is 0 Å². The molecular weight excluding hydrogens is 301 g/mol. The SMILES string of the molecule is Cc1nnc(NS(=O)(=O)c2ccc(F)cc2C#CCO)o1. The highest BCUT2D eigenvalue weighted by Crippen LogP contribution is 2.19. The number of nitrogens with one attached hydrogen (secondary N) is 1. The van der Waals surface area contributed by atoms with Gasteiger partial charge in [-0.3, -0.25) is 0 Å². The highest BCUT2D eigenvalue weighted by atomic mass is 32.2. The van der Waals surface area contributed by atoms with E-state index in [4.69, 9.17) is 9.52 Å². The van der Waals surface area contributed by atoms with Gasteiger partial charge in [0.15, 0.2) is 0 Å². The van der Waals surface area contributed by atoms with E-state index in [-0.39, 0.29) is 22.4 Å². The molecule has 0 radical (unpaired) electrons. The van der Waals surface area contributed by atoms with Crippen LogP contribution in [0.3, 0.4) is 0 Å². The Morgan fingerprint density at radius 2 is 2.19 bits per heavy atom. The van der Waals surface area contributed by atoms with Gasteiger partial charge in [0.05, 0.1) is 0 Å². The number of aliphatic hydroxyl groups is 1. The van der Waals surface area contributed by atoms with Gasteiger partial charge in [-0.05, 0) is 18.2 Å². The second-order valence-corrected chi connectivity index (χ2v) is 5.48. The van der Waals surface area contributed by atoms with Crippen LogP contribution in [0, 0.1) is 24.6 Å². The number of halogens is 1. The Kier molecular flexibility index (Phi) is 4.21. The van der Waals surface area contributed by atoms with Crippen molar-refractivity contribution >= 4 is 16.0 Å². The summed E-state index contributed by atoms with van der Waals surface area (Å²) in [5.74, 6) is 4.18. The van der Waals surface area contributed by atoms with Crippen LogP contribution >= 0.6 is 0 Å². The maximum Gasteiger partial charge on any atom is 0.329 e. The molecule has 110 valence electrons. The van der Waals surface area contributed by atoms with E-state index in [0.29, 0.717) is 0 Å². The number of aryl methyl sites for hydroxylation is 1. The predicted octanol–water partition coefficient (Wildman–Crippen LogP) is 0.662. The van der Waals surface area contributed by atoms with Gasteiger partial charge in [0.1, 0.15) is 17.3 Å². The molecule has 0 bridgehead atoms. The lowest BCUT2D eigenvalue weighted by molar-refractivity contribution is 0.350. The van der Waals surface area contributed by atoms with Crippen molar-refractivity contribution in [2.45, 2.75) is 11.8 Å². The van der Waals surface area contributed by atoms with Gasteiger partial charge in [-0.25, -0.2) is 17.5 Å². The molecule has 21 heavy (non-hydrogen) atoms. The van der Waals surface area contributed by atoms with E-state index >= 15 is 0 Å². The van der Waals surface area contributed by atoms with Crippen LogP contribution in [-0.4, -0.2) is 30.3 Å². The van der Waals surface area contributed by atoms with Crippen LogP contribution in [0.15, 0.2) is 27.5 Å². The highest BCUT2D eigenvalue weighted by Gasteiger charge is 2.21. The molecule has 2 rings (SSSR count). The molecule has 2 aromatic rings. The highest BCUT2D eigenvalue weighted by molar-refractivity contribution is 7.92. The van der Waals surface area contributed by atoms with Crippen LogP contribution in [-0.2, 0) is 10.0 Å². The van der Waals surface area contributed by atoms with Gasteiger partial charge < -0.3 is 9.52 Å². The smallest absolute Gasteiger partial charge is 0.329 e. The number of nitrogens with zero attached hydrogens (tertiary/aromatic N) is 2. The topological polar surface area (TPSA) is 105 Å². The second kappa shape index (κ2) is 5.90. The van der Waals surface area contributed by atoms with Crippen molar-refractivity contribution in [3.8, 4) is 11.8 Å². The van der Waals surface area contributed by atoms with Crippen molar-refractivity contribution < 1.29 is 22.3 Å².